The van der Waals surface area contributed by atoms with Crippen LogP contribution in [0.4, 0.5) is 24.5 Å². The van der Waals surface area contributed by atoms with E-state index in [0.717, 1.165) is 16.9 Å². The number of anilines is 2. The summed E-state index contributed by atoms with van der Waals surface area (Å²) in [6.07, 6.45) is 0.611. The van der Waals surface area contributed by atoms with Gasteiger partial charge in [-0.1, -0.05) is 30.4 Å². The average Bonchev–Trinajstić information content (AvgIpc) is 3.36. The molecular weight excluding hydrogens is 459 g/mol. The molecule has 10 heteroatoms. The minimum Gasteiger partial charge on any atom is -0.404 e. The highest BCUT2D eigenvalue weighted by atomic mass is 19.4. The van der Waals surface area contributed by atoms with Crippen molar-refractivity contribution in [3.05, 3.63) is 77.6 Å². The summed E-state index contributed by atoms with van der Waals surface area (Å²) in [5.74, 6) is -0.713. The number of alkyl halides is 3. The van der Waals surface area contributed by atoms with Crippen LogP contribution in [0.5, 0.6) is 5.75 Å². The molecule has 0 atom stereocenters. The predicted octanol–water partition coefficient (Wildman–Crippen LogP) is 4.43. The number of carbonyl (C=O) groups is 1. The molecule has 5 rings (SSSR count). The summed E-state index contributed by atoms with van der Waals surface area (Å²) in [6, 6.07) is 13.6. The molecule has 1 saturated heterocycles. The number of fused-ring (bicyclic) bond motifs is 1. The number of rotatable bonds is 5. The lowest BCUT2D eigenvalue weighted by Crippen LogP contribution is -2.48. The molecule has 2 aliphatic rings. The first-order valence-electron chi connectivity index (χ1n) is 11.3. The zero-order valence-electron chi connectivity index (χ0n) is 18.8. The van der Waals surface area contributed by atoms with E-state index in [1.807, 2.05) is 42.5 Å². The topological polar surface area (TPSA) is 64.7 Å². The van der Waals surface area contributed by atoms with Crippen molar-refractivity contribution in [1.82, 2.24) is 20.0 Å². The van der Waals surface area contributed by atoms with Gasteiger partial charge in [0, 0.05) is 62.4 Å². The molecule has 1 fully saturated rings. The van der Waals surface area contributed by atoms with Gasteiger partial charge in [0.2, 0.25) is 0 Å². The molecule has 0 bridgehead atoms. The highest BCUT2D eigenvalue weighted by molar-refractivity contribution is 5.96. The molecule has 2 aromatic carbocycles. The fourth-order valence-corrected chi connectivity index (χ4v) is 4.47. The second-order valence-corrected chi connectivity index (χ2v) is 8.45. The number of benzene rings is 2. The fourth-order valence-electron chi connectivity index (χ4n) is 4.47. The molecule has 0 saturated carbocycles. The van der Waals surface area contributed by atoms with Gasteiger partial charge < -0.3 is 14.5 Å². The summed E-state index contributed by atoms with van der Waals surface area (Å²) >= 11 is 0. The lowest BCUT2D eigenvalue weighted by molar-refractivity contribution is -0.274. The normalized spacial score (nSPS) is 16.3. The average molecular weight is 483 g/mol. The molecule has 1 N–H and O–H groups in total. The Bertz CT molecular complexity index is 1220. The number of carbonyl (C=O) groups excluding carboxylic acids is 1. The molecule has 0 spiro atoms. The smallest absolute Gasteiger partial charge is 0.404 e. The Balaban J connectivity index is 1.36. The third kappa shape index (κ3) is 5.17. The van der Waals surface area contributed by atoms with E-state index >= 15 is 0 Å². The Labute approximate surface area is 200 Å². The number of H-pyrrole nitrogens is 1. The molecule has 3 heterocycles. The summed E-state index contributed by atoms with van der Waals surface area (Å²) in [5.41, 5.74) is 3.07. The predicted molar refractivity (Wildman–Crippen MR) is 125 cm³/mol. The lowest BCUT2D eigenvalue weighted by Gasteiger charge is -2.34. The van der Waals surface area contributed by atoms with Crippen LogP contribution in [-0.2, 0) is 6.54 Å². The second-order valence-electron chi connectivity index (χ2n) is 8.45. The van der Waals surface area contributed by atoms with E-state index in [1.54, 1.807) is 22.1 Å². The summed E-state index contributed by atoms with van der Waals surface area (Å²) in [7, 11) is 0. The van der Waals surface area contributed by atoms with Crippen molar-refractivity contribution >= 4 is 23.4 Å². The van der Waals surface area contributed by atoms with Gasteiger partial charge in [-0.25, -0.2) is 0 Å². The van der Waals surface area contributed by atoms with E-state index in [9.17, 15) is 18.0 Å². The Morgan fingerprint density at radius 2 is 1.83 bits per heavy atom. The van der Waals surface area contributed by atoms with E-state index in [2.05, 4.69) is 19.8 Å². The molecule has 35 heavy (non-hydrogen) atoms. The first-order chi connectivity index (χ1) is 16.9. The molecule has 0 aliphatic carbocycles. The quantitative estimate of drug-likeness (QED) is 0.582. The molecular formula is C25H24F3N5O2. The maximum absolute atomic E-state index is 13.3. The van der Waals surface area contributed by atoms with Gasteiger partial charge in [-0.05, 0) is 35.9 Å². The van der Waals surface area contributed by atoms with Crippen LogP contribution in [0.25, 0.3) is 6.08 Å². The Morgan fingerprint density at radius 1 is 1.03 bits per heavy atom. The van der Waals surface area contributed by atoms with Gasteiger partial charge in [-0.15, -0.1) is 13.2 Å². The molecule has 3 aromatic rings. The van der Waals surface area contributed by atoms with Gasteiger partial charge in [0.05, 0.1) is 5.69 Å². The highest BCUT2D eigenvalue weighted by Crippen LogP contribution is 2.40. The lowest BCUT2D eigenvalue weighted by atomic mass is 10.1. The second kappa shape index (κ2) is 9.46. The van der Waals surface area contributed by atoms with Crippen LogP contribution in [0.15, 0.2) is 60.8 Å². The Hall–Kier alpha value is -3.79. The molecule has 7 nitrogen and oxygen atoms in total. The highest BCUT2D eigenvalue weighted by Gasteiger charge is 2.34. The van der Waals surface area contributed by atoms with E-state index in [1.165, 1.54) is 12.1 Å². The van der Waals surface area contributed by atoms with Crippen LogP contribution >= 0.6 is 0 Å². The summed E-state index contributed by atoms with van der Waals surface area (Å²) < 4.78 is 44.3. The molecule has 2 aliphatic heterocycles. The number of para-hydroxylation sites is 1. The van der Waals surface area contributed by atoms with Gasteiger partial charge >= 0.3 is 6.36 Å². The molecule has 1 amide bonds. The van der Waals surface area contributed by atoms with E-state index in [-0.39, 0.29) is 17.2 Å². The molecule has 0 radical (unpaired) electrons. The number of ether oxygens (including phenoxy) is 1. The molecule has 1 aromatic heterocycles. The van der Waals surface area contributed by atoms with Crippen LogP contribution < -0.4 is 9.64 Å². The van der Waals surface area contributed by atoms with Crippen molar-refractivity contribution in [2.75, 3.05) is 37.6 Å². The number of amides is 1. The Kier molecular flexibility index (Phi) is 6.21. The largest absolute Gasteiger partial charge is 0.573 e. The minimum atomic E-state index is -4.89. The van der Waals surface area contributed by atoms with Crippen molar-refractivity contribution < 1.29 is 22.7 Å². The van der Waals surface area contributed by atoms with Gasteiger partial charge in [-0.3, -0.25) is 14.8 Å². The first-order valence-corrected chi connectivity index (χ1v) is 11.3. The van der Waals surface area contributed by atoms with Gasteiger partial charge in [0.25, 0.3) is 5.91 Å². The number of aromatic nitrogens is 2. The number of piperazine rings is 1. The summed E-state index contributed by atoms with van der Waals surface area (Å²) in [5, 5.41) is 6.86. The van der Waals surface area contributed by atoms with Crippen molar-refractivity contribution in [2.45, 2.75) is 12.9 Å². The summed E-state index contributed by atoms with van der Waals surface area (Å²) in [6.45, 7) is 3.36. The number of hydrogen-bond donors (Lipinski definition) is 1. The number of halogens is 3. The summed E-state index contributed by atoms with van der Waals surface area (Å²) in [4.78, 5) is 18.8. The number of nitrogens with one attached hydrogen (secondary N) is 1. The van der Waals surface area contributed by atoms with Crippen molar-refractivity contribution in [3.8, 4) is 5.75 Å². The molecule has 182 valence electrons. The maximum Gasteiger partial charge on any atom is 0.573 e. The number of hydrogen-bond acceptors (Lipinski definition) is 5. The van der Waals surface area contributed by atoms with Crippen LogP contribution in [0.1, 0.15) is 21.6 Å². The van der Waals surface area contributed by atoms with Crippen LogP contribution in [0.2, 0.25) is 0 Å². The third-order valence-electron chi connectivity index (χ3n) is 6.15. The van der Waals surface area contributed by atoms with Gasteiger partial charge in [-0.2, -0.15) is 5.10 Å². The zero-order valence-corrected chi connectivity index (χ0v) is 18.8. The molecule has 0 unspecified atom stereocenters. The van der Waals surface area contributed by atoms with Crippen molar-refractivity contribution in [2.24, 2.45) is 0 Å². The standard InChI is InChI=1S/C25H24F3N5O2/c26-25(27,28)35-23-16-19(7-8-22(23)33-11-3-5-18-4-1-2-6-21(18)33)24(34)32-14-12-31(13-15-32)17-20-9-10-29-30-20/h1-10,16H,11-15,17H2,(H,29,30). The number of aromatic amines is 1. The SMILES string of the molecule is O=C(c1ccc(N2CC=Cc3ccccc32)c(OC(F)(F)F)c1)N1CCN(Cc2ccn[nH]2)CC1. The fraction of sp³-hybridized carbons (Fsp3) is 0.280. The zero-order chi connectivity index (χ0) is 24.4. The van der Waals surface area contributed by atoms with E-state index in [0.29, 0.717) is 39.3 Å². The first kappa shape index (κ1) is 23.0. The van der Waals surface area contributed by atoms with E-state index < -0.39 is 12.1 Å². The van der Waals surface area contributed by atoms with Crippen LogP contribution in [-0.4, -0.2) is 65.0 Å². The Morgan fingerprint density at radius 3 is 2.57 bits per heavy atom. The number of nitrogens with zero attached hydrogens (tertiary/aromatic N) is 4. The van der Waals surface area contributed by atoms with Gasteiger partial charge in [0.15, 0.2) is 5.75 Å². The van der Waals surface area contributed by atoms with Crippen molar-refractivity contribution in [1.29, 1.82) is 0 Å². The van der Waals surface area contributed by atoms with Crippen LogP contribution in [0, 0.1) is 0 Å². The van der Waals surface area contributed by atoms with Gasteiger partial charge in [0.1, 0.15) is 0 Å². The minimum absolute atomic E-state index is 0.163. The van der Waals surface area contributed by atoms with Crippen molar-refractivity contribution in [3.63, 3.8) is 0 Å². The third-order valence-corrected chi connectivity index (χ3v) is 6.15. The maximum atomic E-state index is 13.3. The monoisotopic (exact) mass is 483 g/mol. The van der Waals surface area contributed by atoms with Crippen LogP contribution in [0.3, 0.4) is 0 Å². The van der Waals surface area contributed by atoms with E-state index in [4.69, 9.17) is 0 Å².